The van der Waals surface area contributed by atoms with Crippen LogP contribution in [0.2, 0.25) is 0 Å². The smallest absolute Gasteiger partial charge is 0.252 e. The average Bonchev–Trinajstić information content (AvgIpc) is 3.33. The van der Waals surface area contributed by atoms with Crippen LogP contribution in [0.3, 0.4) is 0 Å². The first-order valence-electron chi connectivity index (χ1n) is 10.4. The summed E-state index contributed by atoms with van der Waals surface area (Å²) in [5, 5.41) is 5.03. The predicted octanol–water partition coefficient (Wildman–Crippen LogP) is 4.62. The number of nitrogens with zero attached hydrogens (tertiary/aromatic N) is 1. The molecule has 2 aromatic carbocycles. The summed E-state index contributed by atoms with van der Waals surface area (Å²) in [6.07, 6.45) is 0. The Balaban J connectivity index is 1.98. The van der Waals surface area contributed by atoms with E-state index in [0.717, 1.165) is 16.0 Å². The van der Waals surface area contributed by atoms with Gasteiger partial charge in [-0.3, -0.25) is 4.79 Å². The number of carbonyl (C=O) groups is 1. The topological polar surface area (TPSA) is 75.7 Å². The van der Waals surface area contributed by atoms with Crippen LogP contribution in [0.15, 0.2) is 64.9 Å². The molecule has 8 heteroatoms. The summed E-state index contributed by atoms with van der Waals surface area (Å²) in [7, 11) is -2.38. The van der Waals surface area contributed by atoms with E-state index < -0.39 is 10.0 Å². The summed E-state index contributed by atoms with van der Waals surface area (Å²) in [6, 6.07) is 16.1. The molecule has 0 fully saturated rings. The Bertz CT molecular complexity index is 1150. The number of thiophene rings is 1. The van der Waals surface area contributed by atoms with Gasteiger partial charge in [-0.2, -0.15) is 4.31 Å². The van der Waals surface area contributed by atoms with Gasteiger partial charge in [0, 0.05) is 23.5 Å². The molecular formula is C24H28N2O4S2. The van der Waals surface area contributed by atoms with Crippen LogP contribution in [-0.4, -0.2) is 38.8 Å². The summed E-state index contributed by atoms with van der Waals surface area (Å²) < 4.78 is 32.9. The van der Waals surface area contributed by atoms with E-state index in [4.69, 9.17) is 4.74 Å². The molecule has 0 saturated carbocycles. The van der Waals surface area contributed by atoms with Gasteiger partial charge in [0.1, 0.15) is 10.6 Å². The van der Waals surface area contributed by atoms with Crippen LogP contribution in [0.25, 0.3) is 0 Å². The van der Waals surface area contributed by atoms with E-state index in [1.165, 1.54) is 23.5 Å². The second kappa shape index (κ2) is 10.3. The molecule has 6 nitrogen and oxygen atoms in total. The minimum Gasteiger partial charge on any atom is -0.495 e. The van der Waals surface area contributed by atoms with Crippen molar-refractivity contribution in [3.8, 4) is 5.75 Å². The number of ether oxygens (including phenoxy) is 1. The first-order valence-corrected chi connectivity index (χ1v) is 12.7. The van der Waals surface area contributed by atoms with Crippen molar-refractivity contribution in [2.24, 2.45) is 0 Å². The van der Waals surface area contributed by atoms with Gasteiger partial charge in [-0.1, -0.05) is 49.7 Å². The third-order valence-electron chi connectivity index (χ3n) is 5.26. The van der Waals surface area contributed by atoms with E-state index in [-0.39, 0.29) is 28.2 Å². The van der Waals surface area contributed by atoms with Crippen LogP contribution in [0.4, 0.5) is 0 Å². The van der Waals surface area contributed by atoms with Crippen molar-refractivity contribution in [2.45, 2.75) is 31.7 Å². The second-order valence-electron chi connectivity index (χ2n) is 7.29. The zero-order valence-corrected chi connectivity index (χ0v) is 20.3. The van der Waals surface area contributed by atoms with Gasteiger partial charge in [0.2, 0.25) is 10.0 Å². The van der Waals surface area contributed by atoms with E-state index in [1.807, 2.05) is 48.7 Å². The lowest BCUT2D eigenvalue weighted by molar-refractivity contribution is 0.0943. The molecule has 0 spiro atoms. The zero-order chi connectivity index (χ0) is 23.3. The van der Waals surface area contributed by atoms with Crippen LogP contribution in [0.1, 0.15) is 46.3 Å². The van der Waals surface area contributed by atoms with Gasteiger partial charge in [0.25, 0.3) is 5.91 Å². The number of amides is 1. The van der Waals surface area contributed by atoms with Gasteiger partial charge in [0.15, 0.2) is 0 Å². The first-order chi connectivity index (χ1) is 15.3. The van der Waals surface area contributed by atoms with Crippen molar-refractivity contribution in [1.29, 1.82) is 0 Å². The third-order valence-corrected chi connectivity index (χ3v) is 8.27. The molecule has 0 aliphatic heterocycles. The number of hydrogen-bond donors (Lipinski definition) is 1. The van der Waals surface area contributed by atoms with Crippen LogP contribution in [-0.2, 0) is 10.0 Å². The molecule has 1 aromatic heterocycles. The number of carbonyl (C=O) groups excluding carboxylic acids is 1. The number of rotatable bonds is 9. The molecule has 3 rings (SSSR count). The summed E-state index contributed by atoms with van der Waals surface area (Å²) in [5.74, 6) is -0.149. The monoisotopic (exact) mass is 472 g/mol. The van der Waals surface area contributed by atoms with Crippen LogP contribution >= 0.6 is 11.3 Å². The van der Waals surface area contributed by atoms with Crippen LogP contribution in [0, 0.1) is 6.92 Å². The van der Waals surface area contributed by atoms with Crippen molar-refractivity contribution >= 4 is 27.3 Å². The van der Waals surface area contributed by atoms with E-state index in [2.05, 4.69) is 5.32 Å². The van der Waals surface area contributed by atoms with Gasteiger partial charge in [0.05, 0.1) is 13.2 Å². The molecule has 0 radical (unpaired) electrons. The molecule has 0 bridgehead atoms. The quantitative estimate of drug-likeness (QED) is 0.493. The molecule has 1 amide bonds. The van der Waals surface area contributed by atoms with Crippen molar-refractivity contribution in [3.63, 3.8) is 0 Å². The fraction of sp³-hybridized carbons (Fsp3) is 0.292. The number of methoxy groups -OCH3 is 1. The highest BCUT2D eigenvalue weighted by Crippen LogP contribution is 2.30. The standard InChI is InChI=1S/C24H28N2O4S2/c1-5-26(6-2)32(28,29)22-16-19(13-14-20(22)30-4)24(27)25-23(21-8-7-15-31-21)18-11-9-17(3)10-12-18/h7-16,23H,5-6H2,1-4H3,(H,25,27). The van der Waals surface area contributed by atoms with Gasteiger partial charge in [-0.25, -0.2) is 8.42 Å². The maximum atomic E-state index is 13.2. The largest absolute Gasteiger partial charge is 0.495 e. The Morgan fingerprint density at radius 2 is 1.78 bits per heavy atom. The fourth-order valence-corrected chi connectivity index (χ4v) is 5.91. The minimum absolute atomic E-state index is 0.0145. The molecule has 32 heavy (non-hydrogen) atoms. The lowest BCUT2D eigenvalue weighted by Gasteiger charge is -2.21. The summed E-state index contributed by atoms with van der Waals surface area (Å²) >= 11 is 1.55. The fourth-order valence-electron chi connectivity index (χ4n) is 3.47. The maximum Gasteiger partial charge on any atom is 0.252 e. The molecule has 0 saturated heterocycles. The highest BCUT2D eigenvalue weighted by Gasteiger charge is 2.27. The number of hydrogen-bond acceptors (Lipinski definition) is 5. The summed E-state index contributed by atoms with van der Waals surface area (Å²) in [5.41, 5.74) is 2.34. The molecule has 1 atom stereocenters. The maximum absolute atomic E-state index is 13.2. The molecule has 1 N–H and O–H groups in total. The van der Waals surface area contributed by atoms with Gasteiger partial charge in [-0.05, 0) is 42.1 Å². The van der Waals surface area contributed by atoms with Crippen molar-refractivity contribution in [1.82, 2.24) is 9.62 Å². The molecule has 1 heterocycles. The Morgan fingerprint density at radius 3 is 2.34 bits per heavy atom. The molecular weight excluding hydrogens is 444 g/mol. The van der Waals surface area contributed by atoms with Gasteiger partial charge < -0.3 is 10.1 Å². The Hall–Kier alpha value is -2.68. The number of sulfonamides is 1. The molecule has 0 aliphatic rings. The lowest BCUT2D eigenvalue weighted by atomic mass is 10.0. The molecule has 0 aliphatic carbocycles. The number of aryl methyl sites for hydroxylation is 1. The normalized spacial score (nSPS) is 12.5. The Labute approximate surface area is 193 Å². The summed E-state index contributed by atoms with van der Waals surface area (Å²) in [6.45, 7) is 6.21. The van der Waals surface area contributed by atoms with Gasteiger partial charge >= 0.3 is 0 Å². The van der Waals surface area contributed by atoms with E-state index in [1.54, 1.807) is 31.3 Å². The zero-order valence-electron chi connectivity index (χ0n) is 18.7. The third kappa shape index (κ3) is 5.03. The van der Waals surface area contributed by atoms with Crippen molar-refractivity contribution in [3.05, 3.63) is 81.5 Å². The molecule has 3 aromatic rings. The number of benzene rings is 2. The van der Waals surface area contributed by atoms with Gasteiger partial charge in [-0.15, -0.1) is 11.3 Å². The van der Waals surface area contributed by atoms with Crippen molar-refractivity contribution in [2.75, 3.05) is 20.2 Å². The minimum atomic E-state index is -3.80. The van der Waals surface area contributed by atoms with E-state index in [0.29, 0.717) is 13.1 Å². The van der Waals surface area contributed by atoms with E-state index in [9.17, 15) is 13.2 Å². The van der Waals surface area contributed by atoms with Crippen molar-refractivity contribution < 1.29 is 17.9 Å². The number of nitrogens with one attached hydrogen (secondary N) is 1. The first kappa shape index (κ1) is 24.0. The van der Waals surface area contributed by atoms with E-state index >= 15 is 0 Å². The highest BCUT2D eigenvalue weighted by molar-refractivity contribution is 7.89. The highest BCUT2D eigenvalue weighted by atomic mass is 32.2. The Morgan fingerprint density at radius 1 is 1.09 bits per heavy atom. The van der Waals surface area contributed by atoms with Crippen LogP contribution in [0.5, 0.6) is 5.75 Å². The van der Waals surface area contributed by atoms with Crippen LogP contribution < -0.4 is 10.1 Å². The average molecular weight is 473 g/mol. The second-order valence-corrected chi connectivity index (χ2v) is 10.2. The summed E-state index contributed by atoms with van der Waals surface area (Å²) in [4.78, 5) is 14.2. The SMILES string of the molecule is CCN(CC)S(=O)(=O)c1cc(C(=O)NC(c2ccc(C)cc2)c2cccs2)ccc1OC. The predicted molar refractivity (Wildman–Crippen MR) is 128 cm³/mol. The molecule has 1 unspecified atom stereocenters. The molecule has 170 valence electrons. The Kier molecular flexibility index (Phi) is 7.71. The lowest BCUT2D eigenvalue weighted by Crippen LogP contribution is -2.32.